The number of ether oxygens (including phenoxy) is 4. The summed E-state index contributed by atoms with van der Waals surface area (Å²) in [6.45, 7) is -1.11. The van der Waals surface area contributed by atoms with E-state index in [-0.39, 0.29) is 53.1 Å². The zero-order valence-electron chi connectivity index (χ0n) is 24.1. The summed E-state index contributed by atoms with van der Waals surface area (Å²) < 4.78 is 19.9. The lowest BCUT2D eigenvalue weighted by Gasteiger charge is -2.27. The number of amides is 2. The van der Waals surface area contributed by atoms with E-state index in [1.165, 1.54) is 32.4 Å². The van der Waals surface area contributed by atoms with Crippen LogP contribution in [0.2, 0.25) is 0 Å². The number of carbonyl (C=O) groups is 5. The number of nitrogens with two attached hydrogens (primary N) is 1. The number of nitrogen functional groups attached to an aromatic ring is 1. The van der Waals surface area contributed by atoms with E-state index < -0.39 is 30.9 Å². The molecule has 0 spiro atoms. The fourth-order valence-corrected chi connectivity index (χ4v) is 4.53. The number of anilines is 1. The fourth-order valence-electron chi connectivity index (χ4n) is 4.53. The Morgan fingerprint density at radius 2 is 1.42 bits per heavy atom. The monoisotopic (exact) mass is 596 g/mol. The second-order valence-corrected chi connectivity index (χ2v) is 10.0. The van der Waals surface area contributed by atoms with Crippen molar-refractivity contribution in [1.82, 2.24) is 10.6 Å². The highest BCUT2D eigenvalue weighted by atomic mass is 16.6. The minimum atomic E-state index is -0.655. The Morgan fingerprint density at radius 1 is 0.837 bits per heavy atom. The molecule has 2 aromatic rings. The summed E-state index contributed by atoms with van der Waals surface area (Å²) in [5.74, 6) is -2.11. The van der Waals surface area contributed by atoms with E-state index in [9.17, 15) is 24.0 Å². The van der Waals surface area contributed by atoms with Crippen LogP contribution in [0.25, 0.3) is 0 Å². The molecule has 43 heavy (non-hydrogen) atoms. The number of esters is 2. The van der Waals surface area contributed by atoms with E-state index in [2.05, 4.69) is 20.1 Å². The molecule has 3 rings (SSSR count). The summed E-state index contributed by atoms with van der Waals surface area (Å²) in [5, 5.41) is 13.5. The van der Waals surface area contributed by atoms with Gasteiger partial charge in [0, 0.05) is 29.2 Å². The predicted molar refractivity (Wildman–Crippen MR) is 155 cm³/mol. The molecule has 1 saturated carbocycles. The van der Waals surface area contributed by atoms with E-state index in [0.29, 0.717) is 43.4 Å². The SMILES string of the molecule is COC(=O)COc1ccc(C(=O)CNC(=O)C2CCC(CC(=N)NC(=O)c3ccc(N)cc3)CC2)cc1OCC(=O)OC. The van der Waals surface area contributed by atoms with Gasteiger partial charge >= 0.3 is 11.9 Å². The Bertz CT molecular complexity index is 1340. The fraction of sp³-hybridized carbons (Fsp3) is 0.400. The molecule has 1 aliphatic carbocycles. The molecule has 1 fully saturated rings. The number of rotatable bonds is 13. The number of Topliss-reactive ketones (excluding diaryl/α,β-unsaturated/α-hetero) is 1. The Hall–Kier alpha value is -4.94. The highest BCUT2D eigenvalue weighted by molar-refractivity contribution is 6.05. The van der Waals surface area contributed by atoms with E-state index in [4.69, 9.17) is 20.6 Å². The van der Waals surface area contributed by atoms with Crippen molar-refractivity contribution >= 4 is 41.1 Å². The first-order valence-corrected chi connectivity index (χ1v) is 13.7. The number of ketones is 1. The Morgan fingerprint density at radius 3 is 2.02 bits per heavy atom. The zero-order chi connectivity index (χ0) is 31.4. The molecule has 2 aromatic carbocycles. The number of amidine groups is 1. The third kappa shape index (κ3) is 10.1. The van der Waals surface area contributed by atoms with E-state index >= 15 is 0 Å². The molecular formula is C30H36N4O9. The Balaban J connectivity index is 1.47. The lowest BCUT2D eigenvalue weighted by molar-refractivity contribution is -0.144. The summed E-state index contributed by atoms with van der Waals surface area (Å²) in [6.07, 6.45) is 3.01. The normalized spacial score (nSPS) is 15.9. The van der Waals surface area contributed by atoms with Crippen LogP contribution in [-0.4, -0.2) is 69.3 Å². The first kappa shape index (κ1) is 32.6. The molecular weight excluding hydrogens is 560 g/mol. The average molecular weight is 597 g/mol. The first-order valence-electron chi connectivity index (χ1n) is 13.7. The molecule has 2 amide bonds. The van der Waals surface area contributed by atoms with Crippen LogP contribution < -0.4 is 25.8 Å². The van der Waals surface area contributed by atoms with Gasteiger partial charge in [-0.3, -0.25) is 19.8 Å². The predicted octanol–water partition coefficient (Wildman–Crippen LogP) is 2.28. The van der Waals surface area contributed by atoms with Crippen molar-refractivity contribution in [1.29, 1.82) is 5.41 Å². The number of carbonyl (C=O) groups excluding carboxylic acids is 5. The topological polar surface area (TPSA) is 196 Å². The van der Waals surface area contributed by atoms with Crippen LogP contribution in [-0.2, 0) is 23.9 Å². The lowest BCUT2D eigenvalue weighted by atomic mass is 9.80. The maximum absolute atomic E-state index is 12.8. The van der Waals surface area contributed by atoms with E-state index in [1.807, 2.05) is 0 Å². The third-order valence-electron chi connectivity index (χ3n) is 6.98. The van der Waals surface area contributed by atoms with Crippen molar-refractivity contribution in [2.24, 2.45) is 11.8 Å². The van der Waals surface area contributed by atoms with Crippen LogP contribution in [0, 0.1) is 17.2 Å². The van der Waals surface area contributed by atoms with Crippen molar-refractivity contribution < 1.29 is 42.9 Å². The first-order chi connectivity index (χ1) is 20.6. The van der Waals surface area contributed by atoms with Gasteiger partial charge in [0.25, 0.3) is 5.91 Å². The van der Waals surface area contributed by atoms with Gasteiger partial charge in [-0.05, 0) is 74.1 Å². The van der Waals surface area contributed by atoms with Crippen LogP contribution in [0.1, 0.15) is 52.8 Å². The van der Waals surface area contributed by atoms with Crippen LogP contribution in [0.15, 0.2) is 42.5 Å². The number of nitrogens with one attached hydrogen (secondary N) is 3. The summed E-state index contributed by atoms with van der Waals surface area (Å²) in [4.78, 5) is 60.9. The number of hydrogen-bond donors (Lipinski definition) is 4. The smallest absolute Gasteiger partial charge is 0.343 e. The minimum absolute atomic E-state index is 0.0417. The van der Waals surface area contributed by atoms with Gasteiger partial charge in [-0.1, -0.05) is 0 Å². The van der Waals surface area contributed by atoms with Crippen LogP contribution >= 0.6 is 0 Å². The van der Waals surface area contributed by atoms with Crippen LogP contribution in [0.4, 0.5) is 5.69 Å². The maximum Gasteiger partial charge on any atom is 0.343 e. The average Bonchev–Trinajstić information content (AvgIpc) is 3.01. The summed E-state index contributed by atoms with van der Waals surface area (Å²) in [5.41, 5.74) is 6.81. The molecule has 0 heterocycles. The van der Waals surface area contributed by atoms with Gasteiger partial charge in [0.15, 0.2) is 30.5 Å². The molecule has 0 unspecified atom stereocenters. The molecule has 0 bridgehead atoms. The summed E-state index contributed by atoms with van der Waals surface area (Å²) >= 11 is 0. The molecule has 13 nitrogen and oxygen atoms in total. The number of benzene rings is 2. The molecule has 230 valence electrons. The van der Waals surface area contributed by atoms with Gasteiger partial charge < -0.3 is 35.3 Å². The maximum atomic E-state index is 12.8. The van der Waals surface area contributed by atoms with Crippen molar-refractivity contribution in [3.63, 3.8) is 0 Å². The van der Waals surface area contributed by atoms with E-state index in [0.717, 1.165) is 0 Å². The Kier molecular flexibility index (Phi) is 12.0. The second-order valence-electron chi connectivity index (χ2n) is 10.0. The number of hydrogen-bond acceptors (Lipinski definition) is 11. The van der Waals surface area contributed by atoms with Gasteiger partial charge in [0.2, 0.25) is 5.91 Å². The lowest BCUT2D eigenvalue weighted by Crippen LogP contribution is -2.37. The molecule has 0 saturated heterocycles. The minimum Gasteiger partial charge on any atom is -0.478 e. The number of methoxy groups -OCH3 is 2. The van der Waals surface area contributed by atoms with Gasteiger partial charge in [0.1, 0.15) is 5.84 Å². The van der Waals surface area contributed by atoms with Crippen LogP contribution in [0.3, 0.4) is 0 Å². The zero-order valence-corrected chi connectivity index (χ0v) is 24.1. The highest BCUT2D eigenvalue weighted by Gasteiger charge is 2.27. The summed E-state index contributed by atoms with van der Waals surface area (Å²) in [6, 6.07) is 10.7. The van der Waals surface area contributed by atoms with Crippen molar-refractivity contribution in [3.8, 4) is 11.5 Å². The molecule has 0 atom stereocenters. The van der Waals surface area contributed by atoms with Gasteiger partial charge in [-0.2, -0.15) is 0 Å². The Labute approximate surface area is 248 Å². The van der Waals surface area contributed by atoms with Crippen molar-refractivity contribution in [2.75, 3.05) is 39.7 Å². The van der Waals surface area contributed by atoms with E-state index in [1.54, 1.807) is 24.3 Å². The van der Waals surface area contributed by atoms with Gasteiger partial charge in [0.05, 0.1) is 20.8 Å². The van der Waals surface area contributed by atoms with Gasteiger partial charge in [-0.25, -0.2) is 9.59 Å². The molecule has 5 N–H and O–H groups in total. The molecule has 13 heteroatoms. The van der Waals surface area contributed by atoms with Gasteiger partial charge in [-0.15, -0.1) is 0 Å². The van der Waals surface area contributed by atoms with Crippen molar-refractivity contribution in [2.45, 2.75) is 32.1 Å². The quantitative estimate of drug-likeness (QED) is 0.0875. The largest absolute Gasteiger partial charge is 0.478 e. The molecule has 0 aromatic heterocycles. The second kappa shape index (κ2) is 15.9. The summed E-state index contributed by atoms with van der Waals surface area (Å²) in [7, 11) is 2.41. The molecule has 0 radical (unpaired) electrons. The van der Waals surface area contributed by atoms with Crippen molar-refractivity contribution in [3.05, 3.63) is 53.6 Å². The molecule has 1 aliphatic rings. The van der Waals surface area contributed by atoms with Crippen LogP contribution in [0.5, 0.6) is 11.5 Å². The third-order valence-corrected chi connectivity index (χ3v) is 6.98. The standard InChI is InChI=1S/C30H36N4O9/c1-40-27(36)16-42-24-12-9-21(14-25(24)43-17-28(37)41-2)23(35)15-33-29(38)19-5-3-18(4-6-19)13-26(32)34-30(39)20-7-10-22(31)11-8-20/h7-12,14,18-19H,3-6,13,15-17,31H2,1-2H3,(H,33,38)(H2,32,34,39). The highest BCUT2D eigenvalue weighted by Crippen LogP contribution is 2.31. The molecule has 0 aliphatic heterocycles.